The van der Waals surface area contributed by atoms with Crippen LogP contribution in [0, 0.1) is 0 Å². The van der Waals surface area contributed by atoms with Crippen molar-refractivity contribution in [3.05, 3.63) is 54.9 Å². The van der Waals surface area contributed by atoms with E-state index in [4.69, 9.17) is 0 Å². The van der Waals surface area contributed by atoms with Crippen molar-refractivity contribution in [1.29, 1.82) is 0 Å². The summed E-state index contributed by atoms with van der Waals surface area (Å²) in [5.41, 5.74) is 0.915. The third-order valence-corrected chi connectivity index (χ3v) is 3.53. The van der Waals surface area contributed by atoms with Crippen LogP contribution in [0.2, 0.25) is 0 Å². The van der Waals surface area contributed by atoms with Gasteiger partial charge in [0.2, 0.25) is 5.91 Å². The van der Waals surface area contributed by atoms with Crippen molar-refractivity contribution in [3.8, 4) is 0 Å². The molecular weight excluding hydrogens is 244 g/mol. The molecule has 0 aliphatic heterocycles. The van der Waals surface area contributed by atoms with Gasteiger partial charge in [0.15, 0.2) is 0 Å². The standard InChI is InChI=1S/C14H14N2OS/c1-16(12-5-3-2-4-6-12)14(17)11-18-13-7-9-15-10-8-13/h2-10H,11H2,1H3. The van der Waals surface area contributed by atoms with Crippen LogP contribution in [0.25, 0.3) is 0 Å². The highest BCUT2D eigenvalue weighted by atomic mass is 32.2. The van der Waals surface area contributed by atoms with Gasteiger partial charge in [0.05, 0.1) is 5.75 Å². The quantitative estimate of drug-likeness (QED) is 0.791. The molecule has 2 rings (SSSR count). The summed E-state index contributed by atoms with van der Waals surface area (Å²) in [5, 5.41) is 0. The van der Waals surface area contributed by atoms with Crippen LogP contribution in [-0.2, 0) is 4.79 Å². The number of para-hydroxylation sites is 1. The van der Waals surface area contributed by atoms with Gasteiger partial charge in [0, 0.05) is 30.0 Å². The van der Waals surface area contributed by atoms with Gasteiger partial charge in [-0.3, -0.25) is 9.78 Å². The number of hydrogen-bond donors (Lipinski definition) is 0. The van der Waals surface area contributed by atoms with E-state index in [2.05, 4.69) is 4.98 Å². The molecule has 0 radical (unpaired) electrons. The predicted octanol–water partition coefficient (Wildman–Crippen LogP) is 2.84. The minimum Gasteiger partial charge on any atom is -0.315 e. The summed E-state index contributed by atoms with van der Waals surface area (Å²) >= 11 is 1.52. The van der Waals surface area contributed by atoms with Crippen molar-refractivity contribution in [1.82, 2.24) is 4.98 Å². The van der Waals surface area contributed by atoms with Crippen LogP contribution in [0.1, 0.15) is 0 Å². The molecule has 0 N–H and O–H groups in total. The zero-order chi connectivity index (χ0) is 12.8. The molecule has 0 spiro atoms. The van der Waals surface area contributed by atoms with E-state index in [1.807, 2.05) is 42.5 Å². The Morgan fingerprint density at radius 1 is 1.17 bits per heavy atom. The van der Waals surface area contributed by atoms with E-state index in [9.17, 15) is 4.79 Å². The highest BCUT2D eigenvalue weighted by Crippen LogP contribution is 2.18. The van der Waals surface area contributed by atoms with Crippen molar-refractivity contribution in [2.45, 2.75) is 4.90 Å². The second-order valence-corrected chi connectivity index (χ2v) is 4.81. The maximum Gasteiger partial charge on any atom is 0.237 e. The largest absolute Gasteiger partial charge is 0.315 e. The highest BCUT2D eigenvalue weighted by Gasteiger charge is 2.10. The molecule has 1 amide bonds. The Balaban J connectivity index is 1.93. The van der Waals surface area contributed by atoms with Gasteiger partial charge in [-0.25, -0.2) is 0 Å². The zero-order valence-corrected chi connectivity index (χ0v) is 10.9. The van der Waals surface area contributed by atoms with E-state index < -0.39 is 0 Å². The number of nitrogens with zero attached hydrogens (tertiary/aromatic N) is 2. The molecule has 18 heavy (non-hydrogen) atoms. The number of pyridine rings is 1. The third kappa shape index (κ3) is 3.34. The lowest BCUT2D eigenvalue weighted by Gasteiger charge is -2.16. The first-order valence-electron chi connectivity index (χ1n) is 5.62. The summed E-state index contributed by atoms with van der Waals surface area (Å²) in [6.07, 6.45) is 3.46. The van der Waals surface area contributed by atoms with Crippen molar-refractivity contribution in [3.63, 3.8) is 0 Å². The van der Waals surface area contributed by atoms with Crippen LogP contribution in [0.4, 0.5) is 5.69 Å². The van der Waals surface area contributed by atoms with E-state index in [1.54, 1.807) is 24.3 Å². The number of anilines is 1. The maximum absolute atomic E-state index is 12.0. The average molecular weight is 258 g/mol. The highest BCUT2D eigenvalue weighted by molar-refractivity contribution is 8.00. The predicted molar refractivity (Wildman–Crippen MR) is 74.8 cm³/mol. The van der Waals surface area contributed by atoms with Gasteiger partial charge in [-0.1, -0.05) is 18.2 Å². The normalized spacial score (nSPS) is 10.1. The fourth-order valence-electron chi connectivity index (χ4n) is 1.47. The van der Waals surface area contributed by atoms with Crippen LogP contribution in [0.5, 0.6) is 0 Å². The first-order chi connectivity index (χ1) is 8.77. The number of thioether (sulfide) groups is 1. The first kappa shape index (κ1) is 12.6. The van der Waals surface area contributed by atoms with Gasteiger partial charge < -0.3 is 4.90 Å². The van der Waals surface area contributed by atoms with Crippen LogP contribution in [0.3, 0.4) is 0 Å². The fourth-order valence-corrected chi connectivity index (χ4v) is 2.27. The minimum atomic E-state index is 0.0861. The summed E-state index contributed by atoms with van der Waals surface area (Å²) in [5.74, 6) is 0.512. The topological polar surface area (TPSA) is 33.2 Å². The number of amides is 1. The molecule has 4 heteroatoms. The number of aromatic nitrogens is 1. The Labute approximate surface area is 111 Å². The molecular formula is C14H14N2OS. The minimum absolute atomic E-state index is 0.0861. The molecule has 0 aliphatic carbocycles. The number of carbonyl (C=O) groups excluding carboxylic acids is 1. The van der Waals surface area contributed by atoms with Gasteiger partial charge in [-0.2, -0.15) is 0 Å². The zero-order valence-electron chi connectivity index (χ0n) is 10.1. The van der Waals surface area contributed by atoms with Gasteiger partial charge in [-0.05, 0) is 24.3 Å². The fraction of sp³-hybridized carbons (Fsp3) is 0.143. The van der Waals surface area contributed by atoms with Crippen LogP contribution >= 0.6 is 11.8 Å². The molecule has 3 nitrogen and oxygen atoms in total. The molecule has 0 aliphatic rings. The monoisotopic (exact) mass is 258 g/mol. The van der Waals surface area contributed by atoms with E-state index in [0.717, 1.165) is 10.6 Å². The summed E-state index contributed by atoms with van der Waals surface area (Å²) in [4.78, 5) is 18.7. The molecule has 1 aromatic carbocycles. The van der Waals surface area contributed by atoms with Gasteiger partial charge in [-0.15, -0.1) is 11.8 Å². The first-order valence-corrected chi connectivity index (χ1v) is 6.60. The lowest BCUT2D eigenvalue weighted by molar-refractivity contribution is -0.115. The number of hydrogen-bond acceptors (Lipinski definition) is 3. The van der Waals surface area contributed by atoms with Crippen LogP contribution in [-0.4, -0.2) is 23.7 Å². The molecule has 0 saturated carbocycles. The molecule has 92 valence electrons. The van der Waals surface area contributed by atoms with Crippen molar-refractivity contribution in [2.24, 2.45) is 0 Å². The lowest BCUT2D eigenvalue weighted by Crippen LogP contribution is -2.27. The molecule has 0 atom stereocenters. The molecule has 0 fully saturated rings. The molecule has 2 aromatic rings. The molecule has 1 aromatic heterocycles. The molecule has 0 unspecified atom stereocenters. The van der Waals surface area contributed by atoms with Crippen LogP contribution in [0.15, 0.2) is 59.8 Å². The Bertz CT molecular complexity index is 502. The summed E-state index contributed by atoms with van der Waals surface area (Å²) < 4.78 is 0. The maximum atomic E-state index is 12.0. The Morgan fingerprint density at radius 2 is 1.83 bits per heavy atom. The smallest absolute Gasteiger partial charge is 0.237 e. The van der Waals surface area contributed by atoms with E-state index in [-0.39, 0.29) is 5.91 Å². The van der Waals surface area contributed by atoms with Crippen molar-refractivity contribution < 1.29 is 4.79 Å². The lowest BCUT2D eigenvalue weighted by atomic mass is 10.3. The number of benzene rings is 1. The van der Waals surface area contributed by atoms with Gasteiger partial charge in [0.25, 0.3) is 0 Å². The van der Waals surface area contributed by atoms with Crippen molar-refractivity contribution in [2.75, 3.05) is 17.7 Å². The van der Waals surface area contributed by atoms with Gasteiger partial charge >= 0.3 is 0 Å². The number of rotatable bonds is 4. The summed E-state index contributed by atoms with van der Waals surface area (Å²) in [6, 6.07) is 13.4. The second-order valence-electron chi connectivity index (χ2n) is 3.76. The van der Waals surface area contributed by atoms with Crippen molar-refractivity contribution >= 4 is 23.4 Å². The summed E-state index contributed by atoms with van der Waals surface area (Å²) in [7, 11) is 1.80. The van der Waals surface area contributed by atoms with E-state index in [1.165, 1.54) is 11.8 Å². The Hall–Kier alpha value is -1.81. The Morgan fingerprint density at radius 3 is 2.50 bits per heavy atom. The Kier molecular flexibility index (Phi) is 4.36. The third-order valence-electron chi connectivity index (χ3n) is 2.53. The van der Waals surface area contributed by atoms with E-state index >= 15 is 0 Å². The van der Waals surface area contributed by atoms with Gasteiger partial charge in [0.1, 0.15) is 0 Å². The molecule has 0 saturated heterocycles. The SMILES string of the molecule is CN(C(=O)CSc1ccncc1)c1ccccc1. The van der Waals surface area contributed by atoms with E-state index in [0.29, 0.717) is 5.75 Å². The molecule has 1 heterocycles. The second kappa shape index (κ2) is 6.21. The summed E-state index contributed by atoms with van der Waals surface area (Å²) in [6.45, 7) is 0. The van der Waals surface area contributed by atoms with Crippen LogP contribution < -0.4 is 4.90 Å². The number of carbonyl (C=O) groups is 1. The average Bonchev–Trinajstić information content (AvgIpc) is 2.46. The molecule has 0 bridgehead atoms.